The zero-order valence-electron chi connectivity index (χ0n) is 17.5. The van der Waals surface area contributed by atoms with E-state index in [0.29, 0.717) is 25.9 Å². The van der Waals surface area contributed by atoms with Crippen LogP contribution in [0, 0.1) is 12.8 Å². The first kappa shape index (κ1) is 23.0. The van der Waals surface area contributed by atoms with E-state index in [1.165, 1.54) is 9.87 Å². The van der Waals surface area contributed by atoms with Gasteiger partial charge in [-0.2, -0.15) is 0 Å². The van der Waals surface area contributed by atoms with Crippen molar-refractivity contribution in [2.24, 2.45) is 5.92 Å². The summed E-state index contributed by atoms with van der Waals surface area (Å²) in [5.41, 5.74) is 3.06. The molecule has 0 aliphatic carbocycles. The average Bonchev–Trinajstić information content (AvgIpc) is 2.74. The van der Waals surface area contributed by atoms with E-state index in [0.717, 1.165) is 22.0 Å². The molecule has 1 atom stereocenters. The van der Waals surface area contributed by atoms with E-state index in [9.17, 15) is 13.2 Å². The highest BCUT2D eigenvalue weighted by Crippen LogP contribution is 2.24. The number of hydrogen-bond donors (Lipinski definition) is 1. The average molecular weight is 493 g/mol. The second kappa shape index (κ2) is 10.1. The van der Waals surface area contributed by atoms with Crippen LogP contribution in [0.2, 0.25) is 0 Å². The predicted molar refractivity (Wildman–Crippen MR) is 123 cm³/mol. The number of hydrogen-bond acceptors (Lipinski definition) is 3. The van der Waals surface area contributed by atoms with E-state index in [4.69, 9.17) is 0 Å². The van der Waals surface area contributed by atoms with Crippen molar-refractivity contribution in [3.63, 3.8) is 0 Å². The van der Waals surface area contributed by atoms with Crippen LogP contribution in [0.3, 0.4) is 0 Å². The van der Waals surface area contributed by atoms with Crippen LogP contribution in [0.25, 0.3) is 0 Å². The van der Waals surface area contributed by atoms with Crippen molar-refractivity contribution in [3.8, 4) is 0 Å². The number of carbonyl (C=O) groups is 1. The number of aryl methyl sites for hydroxylation is 1. The molecule has 1 fully saturated rings. The van der Waals surface area contributed by atoms with Crippen LogP contribution in [0.4, 0.5) is 0 Å². The molecule has 1 N–H and O–H groups in total. The smallest absolute Gasteiger partial charge is 0.223 e. The van der Waals surface area contributed by atoms with Gasteiger partial charge in [0.2, 0.25) is 15.9 Å². The lowest BCUT2D eigenvalue weighted by molar-refractivity contribution is -0.126. The van der Waals surface area contributed by atoms with Crippen LogP contribution < -0.4 is 5.32 Å². The molecule has 30 heavy (non-hydrogen) atoms. The molecule has 0 spiro atoms. The number of piperidine rings is 1. The van der Waals surface area contributed by atoms with E-state index in [-0.39, 0.29) is 23.6 Å². The Labute approximate surface area is 188 Å². The Bertz CT molecular complexity index is 951. The van der Waals surface area contributed by atoms with Gasteiger partial charge in [0, 0.05) is 23.5 Å². The number of nitrogens with zero attached hydrogens (tertiary/aromatic N) is 1. The number of sulfonamides is 1. The van der Waals surface area contributed by atoms with Crippen LogP contribution in [0.1, 0.15) is 48.9 Å². The van der Waals surface area contributed by atoms with Gasteiger partial charge in [0.05, 0.1) is 11.8 Å². The SMILES string of the molecule is CCC(NC(=O)C1CCN(S(=O)(=O)Cc2ccc(Br)cc2)CC1)c1ccc(C)cc1. The molecule has 2 aromatic rings. The lowest BCUT2D eigenvalue weighted by Crippen LogP contribution is -2.44. The molecule has 0 aromatic heterocycles. The summed E-state index contributed by atoms with van der Waals surface area (Å²) >= 11 is 3.36. The maximum absolute atomic E-state index is 12.8. The fourth-order valence-electron chi connectivity index (χ4n) is 3.79. The highest BCUT2D eigenvalue weighted by molar-refractivity contribution is 9.10. The molecule has 5 nitrogen and oxygen atoms in total. The summed E-state index contributed by atoms with van der Waals surface area (Å²) in [6.45, 7) is 4.88. The van der Waals surface area contributed by atoms with Crippen LogP contribution in [-0.4, -0.2) is 31.7 Å². The number of benzene rings is 2. The lowest BCUT2D eigenvalue weighted by atomic mass is 9.95. The van der Waals surface area contributed by atoms with E-state index < -0.39 is 10.0 Å². The first-order valence-corrected chi connectivity index (χ1v) is 12.8. The first-order chi connectivity index (χ1) is 14.3. The molecular weight excluding hydrogens is 464 g/mol. The summed E-state index contributed by atoms with van der Waals surface area (Å²) < 4.78 is 28.0. The Morgan fingerprint density at radius 1 is 1.10 bits per heavy atom. The predicted octanol–water partition coefficient (Wildman–Crippen LogP) is 4.57. The van der Waals surface area contributed by atoms with Gasteiger partial charge in [-0.15, -0.1) is 0 Å². The number of halogens is 1. The minimum absolute atomic E-state index is 0.0114. The molecule has 1 saturated heterocycles. The van der Waals surface area contributed by atoms with Gasteiger partial charge in [-0.25, -0.2) is 12.7 Å². The summed E-state index contributed by atoms with van der Waals surface area (Å²) in [6.07, 6.45) is 1.92. The summed E-state index contributed by atoms with van der Waals surface area (Å²) in [5, 5.41) is 3.16. The largest absolute Gasteiger partial charge is 0.349 e. The molecule has 3 rings (SSSR count). The normalized spacial score (nSPS) is 16.9. The van der Waals surface area contributed by atoms with Crippen molar-refractivity contribution in [1.29, 1.82) is 0 Å². The summed E-state index contributed by atoms with van der Waals surface area (Å²) in [6, 6.07) is 15.5. The lowest BCUT2D eigenvalue weighted by Gasteiger charge is -2.31. The van der Waals surface area contributed by atoms with Gasteiger partial charge in [-0.3, -0.25) is 4.79 Å². The van der Waals surface area contributed by atoms with Crippen LogP contribution in [-0.2, 0) is 20.6 Å². The third-order valence-corrected chi connectivity index (χ3v) is 8.06. The van der Waals surface area contributed by atoms with Crippen molar-refractivity contribution >= 4 is 31.9 Å². The van der Waals surface area contributed by atoms with Gasteiger partial charge in [-0.1, -0.05) is 64.8 Å². The Kier molecular flexibility index (Phi) is 7.71. The van der Waals surface area contributed by atoms with Gasteiger partial charge in [0.15, 0.2) is 0 Å². The highest BCUT2D eigenvalue weighted by Gasteiger charge is 2.31. The Balaban J connectivity index is 1.55. The maximum Gasteiger partial charge on any atom is 0.223 e. The van der Waals surface area contributed by atoms with Crippen LogP contribution in [0.15, 0.2) is 53.0 Å². The standard InChI is InChI=1S/C23H29BrN2O3S/c1-3-22(19-8-4-17(2)5-9-19)25-23(27)20-12-14-26(15-13-20)30(28,29)16-18-6-10-21(24)11-7-18/h4-11,20,22H,3,12-16H2,1-2H3,(H,25,27). The molecule has 0 saturated carbocycles. The topological polar surface area (TPSA) is 66.5 Å². The number of amides is 1. The highest BCUT2D eigenvalue weighted by atomic mass is 79.9. The zero-order chi connectivity index (χ0) is 21.7. The van der Waals surface area contributed by atoms with Gasteiger partial charge in [-0.05, 0) is 49.4 Å². The van der Waals surface area contributed by atoms with E-state index in [2.05, 4.69) is 52.4 Å². The molecule has 1 aliphatic heterocycles. The molecule has 1 aliphatic rings. The minimum Gasteiger partial charge on any atom is -0.349 e. The monoisotopic (exact) mass is 492 g/mol. The molecule has 2 aromatic carbocycles. The molecule has 0 radical (unpaired) electrons. The second-order valence-corrected chi connectivity index (χ2v) is 10.8. The molecule has 0 bridgehead atoms. The molecule has 1 heterocycles. The van der Waals surface area contributed by atoms with Crippen LogP contribution in [0.5, 0.6) is 0 Å². The van der Waals surface area contributed by atoms with Crippen molar-refractivity contribution in [3.05, 3.63) is 69.7 Å². The quantitative estimate of drug-likeness (QED) is 0.615. The van der Waals surface area contributed by atoms with Gasteiger partial charge in [0.1, 0.15) is 0 Å². The first-order valence-electron chi connectivity index (χ1n) is 10.4. The fourth-order valence-corrected chi connectivity index (χ4v) is 5.62. The molecular formula is C23H29BrN2O3S. The summed E-state index contributed by atoms with van der Waals surface area (Å²) in [7, 11) is -3.39. The number of nitrogens with one attached hydrogen (secondary N) is 1. The third-order valence-electron chi connectivity index (χ3n) is 5.68. The number of rotatable bonds is 7. The van der Waals surface area contributed by atoms with E-state index >= 15 is 0 Å². The molecule has 1 amide bonds. The Morgan fingerprint density at radius 3 is 2.27 bits per heavy atom. The maximum atomic E-state index is 12.8. The Hall–Kier alpha value is -1.70. The van der Waals surface area contributed by atoms with Crippen molar-refractivity contribution in [2.45, 2.75) is 44.9 Å². The number of carbonyl (C=O) groups excluding carboxylic acids is 1. The van der Waals surface area contributed by atoms with Crippen molar-refractivity contribution in [2.75, 3.05) is 13.1 Å². The van der Waals surface area contributed by atoms with Crippen LogP contribution >= 0.6 is 15.9 Å². The Morgan fingerprint density at radius 2 is 1.70 bits per heavy atom. The minimum atomic E-state index is -3.39. The van der Waals surface area contributed by atoms with Gasteiger partial charge < -0.3 is 5.32 Å². The third kappa shape index (κ3) is 5.93. The molecule has 7 heteroatoms. The molecule has 1 unspecified atom stereocenters. The zero-order valence-corrected chi connectivity index (χ0v) is 19.9. The van der Waals surface area contributed by atoms with E-state index in [1.54, 1.807) is 0 Å². The van der Waals surface area contributed by atoms with Gasteiger partial charge >= 0.3 is 0 Å². The molecule has 162 valence electrons. The second-order valence-electron chi connectivity index (χ2n) is 7.94. The van der Waals surface area contributed by atoms with Crippen molar-refractivity contribution < 1.29 is 13.2 Å². The van der Waals surface area contributed by atoms with Crippen molar-refractivity contribution in [1.82, 2.24) is 9.62 Å². The van der Waals surface area contributed by atoms with Gasteiger partial charge in [0.25, 0.3) is 0 Å². The summed E-state index contributed by atoms with van der Waals surface area (Å²) in [4.78, 5) is 12.8. The summed E-state index contributed by atoms with van der Waals surface area (Å²) in [5.74, 6) is -0.140. The van der Waals surface area contributed by atoms with E-state index in [1.807, 2.05) is 31.2 Å². The fraction of sp³-hybridized carbons (Fsp3) is 0.435.